The Morgan fingerprint density at radius 1 is 1.14 bits per heavy atom. The number of rotatable bonds is 3. The summed E-state index contributed by atoms with van der Waals surface area (Å²) in [6, 6.07) is 11.9. The molecule has 0 fully saturated rings. The maximum absolute atomic E-state index is 11.5. The van der Waals surface area contributed by atoms with E-state index in [0.717, 1.165) is 27.7 Å². The van der Waals surface area contributed by atoms with Gasteiger partial charge in [0.05, 0.1) is 11.1 Å². The second kappa shape index (κ2) is 4.98. The molecule has 0 aliphatic carbocycles. The van der Waals surface area contributed by atoms with E-state index in [1.54, 1.807) is 6.07 Å². The average Bonchev–Trinajstić information content (AvgIpc) is 2.96. The van der Waals surface area contributed by atoms with Crippen molar-refractivity contribution >= 4 is 22.5 Å². The van der Waals surface area contributed by atoms with Crippen molar-refractivity contribution in [3.63, 3.8) is 0 Å². The van der Waals surface area contributed by atoms with Crippen molar-refractivity contribution in [3.8, 4) is 11.1 Å². The minimum Gasteiger partial charge on any atom is -0.388 e. The summed E-state index contributed by atoms with van der Waals surface area (Å²) >= 11 is 0. The van der Waals surface area contributed by atoms with Crippen LogP contribution in [0.15, 0.2) is 42.6 Å². The summed E-state index contributed by atoms with van der Waals surface area (Å²) in [7, 11) is 1.91. The van der Waals surface area contributed by atoms with E-state index in [2.05, 4.69) is 23.3 Å². The molecule has 0 saturated heterocycles. The first-order valence-electron chi connectivity index (χ1n) is 6.81. The summed E-state index contributed by atoms with van der Waals surface area (Å²) in [6.45, 7) is 2.08. The molecule has 3 rings (SSSR count). The predicted octanol–water partition coefficient (Wildman–Crippen LogP) is 3.28. The highest BCUT2D eigenvalue weighted by Gasteiger charge is 2.14. The van der Waals surface area contributed by atoms with Gasteiger partial charge in [0, 0.05) is 24.3 Å². The third kappa shape index (κ3) is 2.05. The molecule has 4 nitrogen and oxygen atoms in total. The van der Waals surface area contributed by atoms with Crippen molar-refractivity contribution in [2.24, 2.45) is 5.73 Å². The predicted molar refractivity (Wildman–Crippen MR) is 86.5 cm³/mol. The topological polar surface area (TPSA) is 70.9 Å². The molecule has 4 heteroatoms. The lowest BCUT2D eigenvalue weighted by molar-refractivity contribution is 0.100. The maximum atomic E-state index is 11.5. The Hall–Kier alpha value is -2.75. The fourth-order valence-corrected chi connectivity index (χ4v) is 2.79. The fraction of sp³-hybridized carbons (Fsp3) is 0.118. The minimum atomic E-state index is -0.422. The van der Waals surface area contributed by atoms with E-state index >= 15 is 0 Å². The number of carbonyl (C=O) groups is 1. The monoisotopic (exact) mass is 279 g/mol. The number of carbonyl (C=O) groups excluding carboxylic acids is 1. The zero-order valence-electron chi connectivity index (χ0n) is 12.0. The van der Waals surface area contributed by atoms with Gasteiger partial charge in [-0.05, 0) is 41.8 Å². The quantitative estimate of drug-likeness (QED) is 0.688. The van der Waals surface area contributed by atoms with Crippen molar-refractivity contribution in [2.75, 3.05) is 12.4 Å². The molecule has 0 saturated carbocycles. The molecule has 4 N–H and O–H groups in total. The minimum absolute atomic E-state index is 0.422. The first-order chi connectivity index (χ1) is 10.1. The van der Waals surface area contributed by atoms with Crippen LogP contribution in [0.1, 0.15) is 15.9 Å². The number of primary amides is 1. The van der Waals surface area contributed by atoms with Crippen molar-refractivity contribution in [2.45, 2.75) is 6.92 Å². The molecular formula is C17H17N3O. The van der Waals surface area contributed by atoms with Crippen LogP contribution >= 0.6 is 0 Å². The van der Waals surface area contributed by atoms with E-state index in [4.69, 9.17) is 5.73 Å². The number of aromatic amines is 1. The normalized spacial score (nSPS) is 10.8. The highest BCUT2D eigenvalue weighted by atomic mass is 16.1. The molecule has 106 valence electrons. The largest absolute Gasteiger partial charge is 0.388 e. The standard InChI is InChI=1S/C17H17N3O/c1-10-11(4-3-5-15(10)19-2)12-6-7-14(17(18)21)16-13(12)8-9-20-16/h3-9,19-20H,1-2H3,(H2,18,21). The van der Waals surface area contributed by atoms with E-state index in [1.807, 2.05) is 37.5 Å². The molecule has 1 aromatic heterocycles. The number of nitrogens with one attached hydrogen (secondary N) is 2. The molecule has 0 aliphatic rings. The van der Waals surface area contributed by atoms with E-state index in [-0.39, 0.29) is 0 Å². The van der Waals surface area contributed by atoms with Gasteiger partial charge in [-0.15, -0.1) is 0 Å². The van der Waals surface area contributed by atoms with Crippen LogP contribution in [0.3, 0.4) is 0 Å². The molecule has 0 unspecified atom stereocenters. The molecule has 0 aliphatic heterocycles. The number of aromatic nitrogens is 1. The Balaban J connectivity index is 2.30. The second-order valence-corrected chi connectivity index (χ2v) is 5.02. The summed E-state index contributed by atoms with van der Waals surface area (Å²) in [5, 5.41) is 4.20. The molecule has 0 atom stereocenters. The van der Waals surface area contributed by atoms with Gasteiger partial charge in [-0.25, -0.2) is 0 Å². The SMILES string of the molecule is CNc1cccc(-c2ccc(C(N)=O)c3[nH]ccc23)c1C. The Bertz CT molecular complexity index is 833. The Morgan fingerprint density at radius 3 is 2.67 bits per heavy atom. The van der Waals surface area contributed by atoms with Crippen LogP contribution < -0.4 is 11.1 Å². The number of hydrogen-bond acceptors (Lipinski definition) is 2. The van der Waals surface area contributed by atoms with Crippen LogP contribution in [0, 0.1) is 6.92 Å². The number of amides is 1. The summed E-state index contributed by atoms with van der Waals surface area (Å²) < 4.78 is 0. The summed E-state index contributed by atoms with van der Waals surface area (Å²) in [4.78, 5) is 14.6. The molecule has 0 bridgehead atoms. The van der Waals surface area contributed by atoms with Gasteiger partial charge >= 0.3 is 0 Å². The summed E-state index contributed by atoms with van der Waals surface area (Å²) in [5.41, 5.74) is 11.2. The molecule has 1 amide bonds. The zero-order valence-corrected chi connectivity index (χ0v) is 12.0. The summed E-state index contributed by atoms with van der Waals surface area (Å²) in [6.07, 6.45) is 1.83. The fourth-order valence-electron chi connectivity index (χ4n) is 2.79. The highest BCUT2D eigenvalue weighted by Crippen LogP contribution is 2.34. The van der Waals surface area contributed by atoms with Crippen molar-refractivity contribution in [1.29, 1.82) is 0 Å². The van der Waals surface area contributed by atoms with Gasteiger partial charge < -0.3 is 16.0 Å². The number of fused-ring (bicyclic) bond motifs is 1. The number of benzene rings is 2. The van der Waals surface area contributed by atoms with Crippen molar-refractivity contribution < 1.29 is 4.79 Å². The second-order valence-electron chi connectivity index (χ2n) is 5.02. The van der Waals surface area contributed by atoms with E-state index in [0.29, 0.717) is 5.56 Å². The average molecular weight is 279 g/mol. The number of H-pyrrole nitrogens is 1. The van der Waals surface area contributed by atoms with Gasteiger partial charge in [-0.1, -0.05) is 18.2 Å². The lowest BCUT2D eigenvalue weighted by Gasteiger charge is -2.13. The Kier molecular flexibility index (Phi) is 3.14. The van der Waals surface area contributed by atoms with Crippen LogP contribution in [-0.4, -0.2) is 17.9 Å². The van der Waals surface area contributed by atoms with Crippen LogP contribution in [0.25, 0.3) is 22.0 Å². The molecule has 2 aromatic carbocycles. The third-order valence-electron chi connectivity index (χ3n) is 3.88. The van der Waals surface area contributed by atoms with Crippen molar-refractivity contribution in [3.05, 3.63) is 53.7 Å². The van der Waals surface area contributed by atoms with E-state index < -0.39 is 5.91 Å². The van der Waals surface area contributed by atoms with Gasteiger partial charge in [0.15, 0.2) is 0 Å². The lowest BCUT2D eigenvalue weighted by Crippen LogP contribution is -2.11. The molecular weight excluding hydrogens is 262 g/mol. The molecule has 1 heterocycles. The number of hydrogen-bond donors (Lipinski definition) is 3. The van der Waals surface area contributed by atoms with Crippen LogP contribution in [-0.2, 0) is 0 Å². The lowest BCUT2D eigenvalue weighted by atomic mass is 9.95. The highest BCUT2D eigenvalue weighted by molar-refractivity contribution is 6.09. The van der Waals surface area contributed by atoms with Gasteiger partial charge in [-0.3, -0.25) is 4.79 Å². The van der Waals surface area contributed by atoms with Gasteiger partial charge in [-0.2, -0.15) is 0 Å². The Morgan fingerprint density at radius 2 is 1.95 bits per heavy atom. The first kappa shape index (κ1) is 13.2. The van der Waals surface area contributed by atoms with Crippen LogP contribution in [0.4, 0.5) is 5.69 Å². The van der Waals surface area contributed by atoms with Crippen molar-refractivity contribution in [1.82, 2.24) is 4.98 Å². The first-order valence-corrected chi connectivity index (χ1v) is 6.81. The maximum Gasteiger partial charge on any atom is 0.250 e. The smallest absolute Gasteiger partial charge is 0.250 e. The number of nitrogens with two attached hydrogens (primary N) is 1. The van der Waals surface area contributed by atoms with Gasteiger partial charge in [0.2, 0.25) is 0 Å². The van der Waals surface area contributed by atoms with E-state index in [1.165, 1.54) is 5.56 Å². The van der Waals surface area contributed by atoms with Gasteiger partial charge in [0.1, 0.15) is 0 Å². The van der Waals surface area contributed by atoms with Crippen LogP contribution in [0.5, 0.6) is 0 Å². The molecule has 3 aromatic rings. The van der Waals surface area contributed by atoms with Crippen LogP contribution in [0.2, 0.25) is 0 Å². The molecule has 0 radical (unpaired) electrons. The Labute approximate surface area is 123 Å². The van der Waals surface area contributed by atoms with E-state index in [9.17, 15) is 4.79 Å². The number of anilines is 1. The summed E-state index contributed by atoms with van der Waals surface area (Å²) in [5.74, 6) is -0.422. The molecule has 21 heavy (non-hydrogen) atoms. The molecule has 0 spiro atoms. The zero-order chi connectivity index (χ0) is 15.0. The third-order valence-corrected chi connectivity index (χ3v) is 3.88. The van der Waals surface area contributed by atoms with Gasteiger partial charge in [0.25, 0.3) is 5.91 Å².